The topological polar surface area (TPSA) is 134 Å². The molecular weight excluding hydrogens is 882 g/mol. The second-order valence-electron chi connectivity index (χ2n) is 17.1. The van der Waals surface area contributed by atoms with Crippen molar-refractivity contribution in [3.63, 3.8) is 0 Å². The number of rotatable bonds is 13. The van der Waals surface area contributed by atoms with Crippen LogP contribution in [0.3, 0.4) is 0 Å². The molecule has 9 rings (SSSR count). The standard InChI is InChI=1S/C26H28ClN5O2S.C22H29ClN6O/c27-22-11-5-6-12-23(22)32-18-21-17-28-25(35(34)19-20-9-3-1-4-10-20)29-24(21)31(26(32)33)16-15-30-13-7-2-8-14-30;1-16(2)25-21-24-14-17-15-29(19-9-5-4-8-18(19)23)22(30)28(20(17)26-21)13-12-27-10-6-3-7-11-27/h1,3-6,9-12,17H,2,7-8,13-16,18-19H2;4-5,8-9,14,16H,3,6-7,10-13,15H2,1-2H3,(H,24,25,26). The number of hydrogen-bond acceptors (Lipinski definition) is 10. The molecule has 1 unspecified atom stereocenters. The van der Waals surface area contributed by atoms with Crippen LogP contribution >= 0.6 is 23.2 Å². The highest BCUT2D eigenvalue weighted by molar-refractivity contribution is 7.84. The Hall–Kier alpha value is -5.19. The van der Waals surface area contributed by atoms with Crippen molar-refractivity contribution in [2.75, 3.05) is 77.3 Å². The van der Waals surface area contributed by atoms with E-state index in [0.717, 1.165) is 56.0 Å². The van der Waals surface area contributed by atoms with Crippen LogP contribution in [0.2, 0.25) is 10.0 Å². The van der Waals surface area contributed by atoms with E-state index in [9.17, 15) is 13.8 Å². The molecule has 6 heterocycles. The minimum absolute atomic E-state index is 0.0955. The van der Waals surface area contributed by atoms with Crippen LogP contribution in [0.5, 0.6) is 0 Å². The summed E-state index contributed by atoms with van der Waals surface area (Å²) >= 11 is 12.9. The number of nitrogens with zero attached hydrogens (tertiary/aromatic N) is 10. The van der Waals surface area contributed by atoms with Crippen LogP contribution in [0.15, 0.2) is 96.4 Å². The molecule has 0 spiro atoms. The van der Waals surface area contributed by atoms with Crippen molar-refractivity contribution in [2.24, 2.45) is 0 Å². The number of hydrogen-bond donors (Lipinski definition) is 1. The summed E-state index contributed by atoms with van der Waals surface area (Å²) in [4.78, 5) is 57.2. The molecule has 0 bridgehead atoms. The van der Waals surface area contributed by atoms with Gasteiger partial charge in [0.1, 0.15) is 11.6 Å². The predicted octanol–water partition coefficient (Wildman–Crippen LogP) is 9.25. The van der Waals surface area contributed by atoms with Crippen molar-refractivity contribution >= 4 is 75.0 Å². The third-order valence-corrected chi connectivity index (χ3v) is 13.8. The highest BCUT2D eigenvalue weighted by Crippen LogP contribution is 2.36. The van der Waals surface area contributed by atoms with Crippen LogP contribution in [-0.2, 0) is 29.6 Å². The summed E-state index contributed by atoms with van der Waals surface area (Å²) in [7, 11) is -1.42. The summed E-state index contributed by atoms with van der Waals surface area (Å²) in [6, 6.07) is 24.4. The maximum absolute atomic E-state index is 13.7. The molecule has 4 aliphatic heterocycles. The van der Waals surface area contributed by atoms with Crippen LogP contribution in [-0.4, -0.2) is 104 Å². The van der Waals surface area contributed by atoms with E-state index in [0.29, 0.717) is 70.9 Å². The molecular formula is C48H57Cl2N11O3S. The number of fused-ring (bicyclic) bond motifs is 2. The van der Waals surface area contributed by atoms with E-state index in [1.165, 1.54) is 38.5 Å². The summed E-state index contributed by atoms with van der Waals surface area (Å²) in [5.74, 6) is 2.11. The largest absolute Gasteiger partial charge is 0.352 e. The van der Waals surface area contributed by atoms with Gasteiger partial charge in [0.2, 0.25) is 11.1 Å². The summed E-state index contributed by atoms with van der Waals surface area (Å²) in [5.41, 5.74) is 4.05. The van der Waals surface area contributed by atoms with Gasteiger partial charge in [0.05, 0.1) is 51.1 Å². The Kier molecular flexibility index (Phi) is 15.6. The number of piperidine rings is 2. The fourth-order valence-corrected chi connectivity index (χ4v) is 10.1. The Balaban J connectivity index is 0.000000179. The van der Waals surface area contributed by atoms with E-state index in [-0.39, 0.29) is 23.3 Å². The van der Waals surface area contributed by atoms with Crippen molar-refractivity contribution in [1.82, 2.24) is 29.7 Å². The average Bonchev–Trinajstić information content (AvgIpc) is 3.32. The van der Waals surface area contributed by atoms with E-state index in [4.69, 9.17) is 28.2 Å². The first-order valence-corrected chi connectivity index (χ1v) is 24.7. The van der Waals surface area contributed by atoms with Gasteiger partial charge in [-0.1, -0.05) is 90.6 Å². The Labute approximate surface area is 394 Å². The third-order valence-electron chi connectivity index (χ3n) is 12.0. The summed E-state index contributed by atoms with van der Waals surface area (Å²) in [6.45, 7) is 11.7. The van der Waals surface area contributed by atoms with Gasteiger partial charge >= 0.3 is 12.1 Å². The molecule has 4 aliphatic rings. The fraction of sp³-hybridized carbons (Fsp3) is 0.417. The first-order valence-electron chi connectivity index (χ1n) is 22.7. The molecule has 65 heavy (non-hydrogen) atoms. The first kappa shape index (κ1) is 46.3. The molecule has 4 amide bonds. The number of carbonyl (C=O) groups is 2. The van der Waals surface area contributed by atoms with E-state index in [2.05, 4.69) is 30.1 Å². The molecule has 342 valence electrons. The van der Waals surface area contributed by atoms with Crippen molar-refractivity contribution in [3.8, 4) is 0 Å². The number of benzene rings is 3. The Bertz CT molecular complexity index is 2450. The molecule has 0 saturated carbocycles. The van der Waals surface area contributed by atoms with Gasteiger partial charge in [-0.05, 0) is 95.5 Å². The van der Waals surface area contributed by atoms with Crippen LogP contribution in [0.1, 0.15) is 69.1 Å². The molecule has 17 heteroatoms. The molecule has 5 aromatic rings. The van der Waals surface area contributed by atoms with Crippen molar-refractivity contribution in [3.05, 3.63) is 118 Å². The molecule has 1 N–H and O–H groups in total. The zero-order valence-corrected chi connectivity index (χ0v) is 39.4. The maximum Gasteiger partial charge on any atom is 0.330 e. The quantitative estimate of drug-likeness (QED) is 0.114. The van der Waals surface area contributed by atoms with Gasteiger partial charge in [0.15, 0.2) is 0 Å². The number of aromatic nitrogens is 4. The SMILES string of the molecule is CC(C)Nc1ncc2c(n1)N(CCN1CCCCC1)C(=O)N(c1ccccc1Cl)C2.O=C1N(c2ccccc2Cl)Cc2cnc(S(=O)Cc3ccccc3)nc2N1CCN1CCCCC1. The van der Waals surface area contributed by atoms with E-state index in [1.807, 2.05) is 92.8 Å². The molecule has 0 radical (unpaired) electrons. The van der Waals surface area contributed by atoms with E-state index >= 15 is 0 Å². The summed E-state index contributed by atoms with van der Waals surface area (Å²) in [5, 5.41) is 4.56. The van der Waals surface area contributed by atoms with Gasteiger partial charge in [0, 0.05) is 55.7 Å². The Morgan fingerprint density at radius 2 is 1.09 bits per heavy atom. The van der Waals surface area contributed by atoms with Crippen LogP contribution < -0.4 is 24.9 Å². The maximum atomic E-state index is 13.7. The molecule has 14 nitrogen and oxygen atoms in total. The van der Waals surface area contributed by atoms with Gasteiger partial charge in [0.25, 0.3) is 0 Å². The number of likely N-dealkylation sites (tertiary alicyclic amines) is 2. The molecule has 0 aliphatic carbocycles. The molecule has 3 aromatic carbocycles. The Morgan fingerprint density at radius 1 is 0.615 bits per heavy atom. The van der Waals surface area contributed by atoms with Crippen molar-refractivity contribution in [2.45, 2.75) is 82.4 Å². The number of para-hydroxylation sites is 2. The van der Waals surface area contributed by atoms with Crippen LogP contribution in [0.25, 0.3) is 0 Å². The van der Waals surface area contributed by atoms with Gasteiger partial charge in [-0.3, -0.25) is 23.8 Å². The van der Waals surface area contributed by atoms with Gasteiger partial charge < -0.3 is 15.1 Å². The second kappa shape index (κ2) is 21.9. The summed E-state index contributed by atoms with van der Waals surface area (Å²) < 4.78 is 13.1. The number of amides is 4. The number of carbonyl (C=O) groups excluding carboxylic acids is 2. The predicted molar refractivity (Wildman–Crippen MR) is 261 cm³/mol. The van der Waals surface area contributed by atoms with Gasteiger partial charge in [-0.2, -0.15) is 4.98 Å². The average molecular weight is 939 g/mol. The number of halogens is 2. The fourth-order valence-electron chi connectivity index (χ4n) is 8.62. The van der Waals surface area contributed by atoms with E-state index in [1.54, 1.807) is 31.9 Å². The van der Waals surface area contributed by atoms with Crippen molar-refractivity contribution < 1.29 is 13.8 Å². The number of anilines is 5. The lowest BCUT2D eigenvalue weighted by molar-refractivity contribution is 0.227. The first-order chi connectivity index (χ1) is 31.6. The molecule has 2 aromatic heterocycles. The summed E-state index contributed by atoms with van der Waals surface area (Å²) in [6.07, 6.45) is 10.9. The second-order valence-corrected chi connectivity index (χ2v) is 19.2. The highest BCUT2D eigenvalue weighted by Gasteiger charge is 2.36. The van der Waals surface area contributed by atoms with Gasteiger partial charge in [-0.15, -0.1) is 0 Å². The molecule has 2 saturated heterocycles. The van der Waals surface area contributed by atoms with E-state index < -0.39 is 10.8 Å². The lowest BCUT2D eigenvalue weighted by Crippen LogP contribution is -2.51. The third kappa shape index (κ3) is 11.4. The Morgan fingerprint density at radius 3 is 1.60 bits per heavy atom. The van der Waals surface area contributed by atoms with Gasteiger partial charge in [-0.25, -0.2) is 24.5 Å². The zero-order chi connectivity index (χ0) is 45.3. The highest BCUT2D eigenvalue weighted by atomic mass is 35.5. The molecule has 1 atom stereocenters. The minimum Gasteiger partial charge on any atom is -0.352 e. The zero-order valence-electron chi connectivity index (χ0n) is 37.1. The monoisotopic (exact) mass is 937 g/mol. The van der Waals surface area contributed by atoms with Crippen LogP contribution in [0, 0.1) is 0 Å². The minimum atomic E-state index is -1.42. The molecule has 2 fully saturated rings. The lowest BCUT2D eigenvalue weighted by atomic mass is 10.1. The van der Waals surface area contributed by atoms with Crippen molar-refractivity contribution in [1.29, 1.82) is 0 Å². The van der Waals surface area contributed by atoms with Crippen LogP contribution in [0.4, 0.5) is 38.5 Å². The smallest absolute Gasteiger partial charge is 0.330 e. The number of urea groups is 2. The lowest BCUT2D eigenvalue weighted by Gasteiger charge is -2.37. The normalized spacial score (nSPS) is 17.4. The number of nitrogens with one attached hydrogen (secondary N) is 1.